The molecule has 3 rings (SSSR count). The predicted molar refractivity (Wildman–Crippen MR) is 104 cm³/mol. The summed E-state index contributed by atoms with van der Waals surface area (Å²) in [5.41, 5.74) is 1.20. The highest BCUT2D eigenvalue weighted by Gasteiger charge is 2.33. The van der Waals surface area contributed by atoms with Gasteiger partial charge in [0, 0.05) is 24.0 Å². The van der Waals surface area contributed by atoms with Crippen molar-refractivity contribution in [2.75, 3.05) is 24.7 Å². The van der Waals surface area contributed by atoms with Crippen molar-refractivity contribution in [2.45, 2.75) is 32.0 Å². The number of ether oxygens (including phenoxy) is 1. The molecule has 2 atom stereocenters. The van der Waals surface area contributed by atoms with Gasteiger partial charge in [0.05, 0.1) is 11.5 Å². The van der Waals surface area contributed by atoms with E-state index in [4.69, 9.17) is 4.74 Å². The molecule has 26 heavy (non-hydrogen) atoms. The summed E-state index contributed by atoms with van der Waals surface area (Å²) in [6, 6.07) is 11.4. The molecule has 1 aromatic heterocycles. The molecule has 2 unspecified atom stereocenters. The first-order chi connectivity index (χ1) is 12.4. The molecule has 0 radical (unpaired) electrons. The fourth-order valence-corrected chi connectivity index (χ4v) is 5.88. The monoisotopic (exact) mass is 395 g/mol. The van der Waals surface area contributed by atoms with Crippen LogP contribution in [-0.2, 0) is 16.4 Å². The molecule has 7 heteroatoms. The van der Waals surface area contributed by atoms with Gasteiger partial charge in [0.2, 0.25) is 0 Å². The molecule has 1 aliphatic heterocycles. The second-order valence-electron chi connectivity index (χ2n) is 6.79. The molecule has 1 N–H and O–H groups in total. The molecule has 0 aliphatic carbocycles. The number of hydrogen-bond donors (Lipinski definition) is 1. The molecule has 1 saturated heterocycles. The van der Waals surface area contributed by atoms with Gasteiger partial charge < -0.3 is 9.84 Å². The number of nitrogens with zero attached hydrogens (tertiary/aromatic N) is 1. The Labute approximate surface area is 159 Å². The fourth-order valence-electron chi connectivity index (χ4n) is 3.19. The molecule has 0 spiro atoms. The van der Waals surface area contributed by atoms with Gasteiger partial charge in [0.15, 0.2) is 9.84 Å². The number of aliphatic hydroxyl groups excluding tert-OH is 1. The smallest absolute Gasteiger partial charge is 0.151 e. The second-order valence-corrected chi connectivity index (χ2v) is 10.0. The van der Waals surface area contributed by atoms with Crippen molar-refractivity contribution in [3.63, 3.8) is 0 Å². The van der Waals surface area contributed by atoms with E-state index < -0.39 is 15.9 Å². The summed E-state index contributed by atoms with van der Waals surface area (Å²) < 4.78 is 29.4. The number of sulfone groups is 1. The van der Waals surface area contributed by atoms with Crippen LogP contribution in [-0.4, -0.2) is 55.2 Å². The van der Waals surface area contributed by atoms with Crippen LogP contribution in [0.1, 0.15) is 16.9 Å². The van der Waals surface area contributed by atoms with Gasteiger partial charge in [-0.3, -0.25) is 4.90 Å². The van der Waals surface area contributed by atoms with Crippen molar-refractivity contribution in [2.24, 2.45) is 0 Å². The molecule has 0 saturated carbocycles. The van der Waals surface area contributed by atoms with E-state index in [1.54, 1.807) is 11.3 Å². The summed E-state index contributed by atoms with van der Waals surface area (Å²) in [5, 5.41) is 12.5. The van der Waals surface area contributed by atoms with Crippen LogP contribution in [0.4, 0.5) is 0 Å². The van der Waals surface area contributed by atoms with E-state index in [1.807, 2.05) is 35.7 Å². The lowest BCUT2D eigenvalue weighted by atomic mass is 10.1. The molecule has 1 aliphatic rings. The van der Waals surface area contributed by atoms with Crippen LogP contribution in [0, 0.1) is 6.92 Å². The van der Waals surface area contributed by atoms with E-state index >= 15 is 0 Å². The van der Waals surface area contributed by atoms with E-state index in [0.717, 1.165) is 5.75 Å². The Hall–Kier alpha value is -1.41. The third kappa shape index (κ3) is 5.30. The first-order valence-electron chi connectivity index (χ1n) is 8.76. The zero-order valence-electron chi connectivity index (χ0n) is 14.9. The van der Waals surface area contributed by atoms with Crippen LogP contribution in [0.25, 0.3) is 0 Å². The minimum absolute atomic E-state index is 0.0483. The van der Waals surface area contributed by atoms with Crippen LogP contribution in [0.3, 0.4) is 0 Å². The lowest BCUT2D eigenvalue weighted by molar-refractivity contribution is 0.0528. The maximum atomic E-state index is 11.9. The van der Waals surface area contributed by atoms with Gasteiger partial charge in [-0.05, 0) is 42.5 Å². The minimum Gasteiger partial charge on any atom is -0.491 e. The highest BCUT2D eigenvalue weighted by molar-refractivity contribution is 7.91. The van der Waals surface area contributed by atoms with Crippen molar-refractivity contribution in [3.05, 3.63) is 52.2 Å². The molecule has 2 heterocycles. The number of aryl methyl sites for hydroxylation is 1. The SMILES string of the molecule is Cc1ccsc1CN(CC(O)COc1ccccc1)C1CCS(=O)(=O)C1. The Balaban J connectivity index is 1.63. The van der Waals surface area contributed by atoms with Crippen LogP contribution in [0.2, 0.25) is 0 Å². The van der Waals surface area contributed by atoms with Crippen molar-refractivity contribution in [3.8, 4) is 5.75 Å². The number of rotatable bonds is 8. The highest BCUT2D eigenvalue weighted by atomic mass is 32.2. The third-order valence-electron chi connectivity index (χ3n) is 4.67. The lowest BCUT2D eigenvalue weighted by Gasteiger charge is -2.30. The van der Waals surface area contributed by atoms with Gasteiger partial charge in [-0.25, -0.2) is 8.42 Å². The Morgan fingerprint density at radius 2 is 2.08 bits per heavy atom. The molecule has 5 nitrogen and oxygen atoms in total. The summed E-state index contributed by atoms with van der Waals surface area (Å²) in [7, 11) is -2.97. The Morgan fingerprint density at radius 1 is 1.31 bits per heavy atom. The normalized spacial score (nSPS) is 20.3. The lowest BCUT2D eigenvalue weighted by Crippen LogP contribution is -2.42. The van der Waals surface area contributed by atoms with Crippen molar-refractivity contribution >= 4 is 21.2 Å². The summed E-state index contributed by atoms with van der Waals surface area (Å²) in [5.74, 6) is 1.12. The van der Waals surface area contributed by atoms with Crippen LogP contribution < -0.4 is 4.74 Å². The van der Waals surface area contributed by atoms with Crippen LogP contribution in [0.15, 0.2) is 41.8 Å². The summed E-state index contributed by atoms with van der Waals surface area (Å²) in [6.45, 7) is 3.30. The van der Waals surface area contributed by atoms with Crippen molar-refractivity contribution in [1.82, 2.24) is 4.90 Å². The molecule has 1 fully saturated rings. The topological polar surface area (TPSA) is 66.8 Å². The molecule has 0 amide bonds. The number of aliphatic hydroxyl groups is 1. The molecule has 142 valence electrons. The third-order valence-corrected chi connectivity index (χ3v) is 7.43. The van der Waals surface area contributed by atoms with E-state index in [-0.39, 0.29) is 24.2 Å². The first kappa shape index (κ1) is 19.4. The maximum Gasteiger partial charge on any atom is 0.151 e. The minimum atomic E-state index is -2.97. The second kappa shape index (κ2) is 8.52. The Morgan fingerprint density at radius 3 is 2.69 bits per heavy atom. The molecule has 1 aromatic carbocycles. The Bertz CT molecular complexity index is 804. The quantitative estimate of drug-likeness (QED) is 0.744. The van der Waals surface area contributed by atoms with E-state index in [2.05, 4.69) is 17.9 Å². The summed E-state index contributed by atoms with van der Waals surface area (Å²) in [4.78, 5) is 3.31. The van der Waals surface area contributed by atoms with E-state index in [1.165, 1.54) is 10.4 Å². The average molecular weight is 396 g/mol. The fraction of sp³-hybridized carbons (Fsp3) is 0.474. The largest absolute Gasteiger partial charge is 0.491 e. The maximum absolute atomic E-state index is 11.9. The van der Waals surface area contributed by atoms with Crippen LogP contribution in [0.5, 0.6) is 5.75 Å². The first-order valence-corrected chi connectivity index (χ1v) is 11.5. The number of benzene rings is 1. The zero-order chi connectivity index (χ0) is 18.6. The van der Waals surface area contributed by atoms with E-state index in [9.17, 15) is 13.5 Å². The van der Waals surface area contributed by atoms with Crippen molar-refractivity contribution in [1.29, 1.82) is 0 Å². The molecular weight excluding hydrogens is 370 g/mol. The standard InChI is InChI=1S/C19H25NO4S2/c1-15-7-9-25-19(15)12-20(16-8-10-26(22,23)14-16)11-17(21)13-24-18-5-3-2-4-6-18/h2-7,9,16-17,21H,8,10-14H2,1H3. The Kier molecular flexibility index (Phi) is 6.34. The van der Waals surface area contributed by atoms with Gasteiger partial charge in [0.25, 0.3) is 0 Å². The molecule has 0 bridgehead atoms. The number of hydrogen-bond acceptors (Lipinski definition) is 6. The molecular formula is C19H25NO4S2. The summed E-state index contributed by atoms with van der Waals surface area (Å²) in [6.07, 6.45) is -0.0577. The van der Waals surface area contributed by atoms with Gasteiger partial charge in [-0.1, -0.05) is 18.2 Å². The van der Waals surface area contributed by atoms with Gasteiger partial charge >= 0.3 is 0 Å². The van der Waals surface area contributed by atoms with Crippen LogP contribution >= 0.6 is 11.3 Å². The van der Waals surface area contributed by atoms with Crippen molar-refractivity contribution < 1.29 is 18.3 Å². The van der Waals surface area contributed by atoms with Gasteiger partial charge in [-0.2, -0.15) is 0 Å². The van der Waals surface area contributed by atoms with E-state index in [0.29, 0.717) is 19.5 Å². The predicted octanol–water partition coefficient (Wildman–Crippen LogP) is 2.49. The summed E-state index contributed by atoms with van der Waals surface area (Å²) >= 11 is 1.67. The highest BCUT2D eigenvalue weighted by Crippen LogP contribution is 2.24. The zero-order valence-corrected chi connectivity index (χ0v) is 16.5. The average Bonchev–Trinajstić information content (AvgIpc) is 3.18. The van der Waals surface area contributed by atoms with Gasteiger partial charge in [-0.15, -0.1) is 11.3 Å². The molecule has 2 aromatic rings. The van der Waals surface area contributed by atoms with Gasteiger partial charge in [0.1, 0.15) is 18.5 Å². The number of para-hydroxylation sites is 1. The number of thiophene rings is 1.